The number of carbonyl (C=O) groups is 1. The fraction of sp³-hybridized carbons (Fsp3) is 0.632. The van der Waals surface area contributed by atoms with Gasteiger partial charge in [-0.05, 0) is 36.5 Å². The predicted molar refractivity (Wildman–Crippen MR) is 92.7 cm³/mol. The summed E-state index contributed by atoms with van der Waals surface area (Å²) in [6.45, 7) is 4.64. The molecule has 2 atom stereocenters. The third kappa shape index (κ3) is 4.44. The molecule has 0 spiro atoms. The van der Waals surface area contributed by atoms with Crippen LogP contribution in [-0.2, 0) is 19.0 Å². The first kappa shape index (κ1) is 19.5. The van der Waals surface area contributed by atoms with Crippen LogP contribution < -0.4 is 9.47 Å². The third-order valence-corrected chi connectivity index (χ3v) is 4.84. The molecule has 25 heavy (non-hydrogen) atoms. The molecule has 0 amide bonds. The molecular weight excluding hydrogens is 324 g/mol. The topological polar surface area (TPSA) is 63.2 Å². The van der Waals surface area contributed by atoms with Gasteiger partial charge in [-0.3, -0.25) is 4.79 Å². The average molecular weight is 352 g/mol. The molecule has 0 bridgehead atoms. The van der Waals surface area contributed by atoms with Crippen molar-refractivity contribution in [3.05, 3.63) is 23.8 Å². The maximum atomic E-state index is 12.3. The van der Waals surface area contributed by atoms with Crippen LogP contribution >= 0.6 is 0 Å². The Kier molecular flexibility index (Phi) is 6.67. The van der Waals surface area contributed by atoms with Crippen LogP contribution in [0, 0.1) is 11.3 Å². The van der Waals surface area contributed by atoms with Crippen LogP contribution in [0.5, 0.6) is 11.5 Å². The Morgan fingerprint density at radius 1 is 1.12 bits per heavy atom. The van der Waals surface area contributed by atoms with Gasteiger partial charge in [0.15, 0.2) is 13.6 Å². The lowest BCUT2D eigenvalue weighted by molar-refractivity contribution is -0.146. The van der Waals surface area contributed by atoms with Gasteiger partial charge >= 0.3 is 5.97 Å². The second kappa shape index (κ2) is 8.54. The van der Waals surface area contributed by atoms with Gasteiger partial charge < -0.3 is 23.7 Å². The minimum atomic E-state index is -0.206. The predicted octanol–water partition coefficient (Wildman–Crippen LogP) is 3.34. The van der Waals surface area contributed by atoms with Gasteiger partial charge in [-0.1, -0.05) is 13.8 Å². The highest BCUT2D eigenvalue weighted by Crippen LogP contribution is 2.55. The van der Waals surface area contributed by atoms with Crippen molar-refractivity contribution in [1.82, 2.24) is 0 Å². The number of rotatable bonds is 8. The molecular formula is C19H28O6. The molecule has 6 nitrogen and oxygen atoms in total. The van der Waals surface area contributed by atoms with E-state index in [2.05, 4.69) is 13.8 Å². The van der Waals surface area contributed by atoms with Crippen molar-refractivity contribution in [2.45, 2.75) is 32.6 Å². The Balaban J connectivity index is 2.44. The fourth-order valence-electron chi connectivity index (χ4n) is 3.68. The van der Waals surface area contributed by atoms with Crippen molar-refractivity contribution < 1.29 is 28.5 Å². The smallest absolute Gasteiger partial charge is 0.309 e. The van der Waals surface area contributed by atoms with E-state index in [1.54, 1.807) is 14.2 Å². The van der Waals surface area contributed by atoms with E-state index in [0.29, 0.717) is 11.5 Å². The SMILES string of the molecule is COCOc1ccc(OCOC)c(C2C(C(=O)OC)CCC2(C)C)c1. The van der Waals surface area contributed by atoms with Gasteiger partial charge in [-0.2, -0.15) is 0 Å². The second-order valence-corrected chi connectivity index (χ2v) is 6.94. The van der Waals surface area contributed by atoms with Crippen molar-refractivity contribution in [3.63, 3.8) is 0 Å². The maximum Gasteiger partial charge on any atom is 0.309 e. The van der Waals surface area contributed by atoms with Gasteiger partial charge in [0.05, 0.1) is 13.0 Å². The zero-order chi connectivity index (χ0) is 18.4. The molecule has 1 aliphatic carbocycles. The zero-order valence-corrected chi connectivity index (χ0v) is 15.7. The maximum absolute atomic E-state index is 12.3. The molecule has 1 aromatic rings. The summed E-state index contributed by atoms with van der Waals surface area (Å²) in [6.07, 6.45) is 1.72. The molecule has 1 aliphatic rings. The highest BCUT2D eigenvalue weighted by molar-refractivity contribution is 5.74. The van der Waals surface area contributed by atoms with Crippen LogP contribution in [0.4, 0.5) is 0 Å². The summed E-state index contributed by atoms with van der Waals surface area (Å²) in [5.74, 6) is 0.949. The van der Waals surface area contributed by atoms with E-state index in [-0.39, 0.29) is 36.8 Å². The van der Waals surface area contributed by atoms with Crippen molar-refractivity contribution >= 4 is 5.97 Å². The van der Waals surface area contributed by atoms with Crippen molar-refractivity contribution in [2.24, 2.45) is 11.3 Å². The van der Waals surface area contributed by atoms with Crippen LogP contribution in [0.25, 0.3) is 0 Å². The minimum absolute atomic E-state index is 0.0297. The molecule has 6 heteroatoms. The molecule has 0 heterocycles. The van der Waals surface area contributed by atoms with Crippen LogP contribution in [0.2, 0.25) is 0 Å². The second-order valence-electron chi connectivity index (χ2n) is 6.94. The minimum Gasteiger partial charge on any atom is -0.469 e. The highest BCUT2D eigenvalue weighted by atomic mass is 16.7. The molecule has 0 aliphatic heterocycles. The summed E-state index contributed by atoms with van der Waals surface area (Å²) >= 11 is 0. The van der Waals surface area contributed by atoms with Gasteiger partial charge in [-0.25, -0.2) is 0 Å². The lowest BCUT2D eigenvalue weighted by Gasteiger charge is -2.31. The quantitative estimate of drug-likeness (QED) is 0.528. The lowest BCUT2D eigenvalue weighted by Crippen LogP contribution is -2.26. The molecule has 1 aromatic carbocycles. The normalized spacial score (nSPS) is 21.8. The lowest BCUT2D eigenvalue weighted by atomic mass is 9.74. The zero-order valence-electron chi connectivity index (χ0n) is 15.7. The first-order valence-corrected chi connectivity index (χ1v) is 8.40. The van der Waals surface area contributed by atoms with E-state index in [1.807, 2.05) is 18.2 Å². The van der Waals surface area contributed by atoms with Crippen molar-refractivity contribution in [3.8, 4) is 11.5 Å². The van der Waals surface area contributed by atoms with Gasteiger partial charge in [-0.15, -0.1) is 0 Å². The monoisotopic (exact) mass is 352 g/mol. The summed E-state index contributed by atoms with van der Waals surface area (Å²) in [7, 11) is 4.59. The third-order valence-electron chi connectivity index (χ3n) is 4.84. The summed E-state index contributed by atoms with van der Waals surface area (Å²) in [5.41, 5.74) is 0.868. The molecule has 0 N–H and O–H groups in total. The summed E-state index contributed by atoms with van der Waals surface area (Å²) in [4.78, 5) is 12.3. The van der Waals surface area contributed by atoms with E-state index in [0.717, 1.165) is 18.4 Å². The molecule has 1 saturated carbocycles. The molecule has 2 rings (SSSR count). The Morgan fingerprint density at radius 3 is 2.44 bits per heavy atom. The van der Waals surface area contributed by atoms with Crippen LogP contribution in [0.15, 0.2) is 18.2 Å². The van der Waals surface area contributed by atoms with E-state index in [4.69, 9.17) is 23.7 Å². The van der Waals surface area contributed by atoms with Crippen LogP contribution in [-0.4, -0.2) is 40.9 Å². The van der Waals surface area contributed by atoms with Crippen molar-refractivity contribution in [1.29, 1.82) is 0 Å². The number of esters is 1. The first-order valence-electron chi connectivity index (χ1n) is 8.40. The number of hydrogen-bond acceptors (Lipinski definition) is 6. The molecule has 0 saturated heterocycles. The largest absolute Gasteiger partial charge is 0.469 e. The number of methoxy groups -OCH3 is 3. The molecule has 140 valence electrons. The standard InChI is InChI=1S/C19H28O6/c1-19(2)9-8-14(18(20)23-5)17(19)15-10-13(24-11-21-3)6-7-16(15)25-12-22-4/h6-7,10,14,17H,8-9,11-12H2,1-5H3. The molecule has 1 fully saturated rings. The molecule has 0 radical (unpaired) electrons. The van der Waals surface area contributed by atoms with E-state index < -0.39 is 0 Å². The van der Waals surface area contributed by atoms with E-state index >= 15 is 0 Å². The number of carbonyl (C=O) groups excluding carboxylic acids is 1. The molecule has 0 aromatic heterocycles. The molecule has 2 unspecified atom stereocenters. The van der Waals surface area contributed by atoms with Crippen molar-refractivity contribution in [2.75, 3.05) is 34.9 Å². The van der Waals surface area contributed by atoms with Gasteiger partial charge in [0, 0.05) is 25.7 Å². The summed E-state index contributed by atoms with van der Waals surface area (Å²) in [6, 6.07) is 5.60. The van der Waals surface area contributed by atoms with Crippen LogP contribution in [0.1, 0.15) is 38.2 Å². The Bertz CT molecular complexity index is 583. The summed E-state index contributed by atoms with van der Waals surface area (Å²) < 4.78 is 26.4. The average Bonchev–Trinajstić information content (AvgIpc) is 2.92. The highest BCUT2D eigenvalue weighted by Gasteiger charge is 2.47. The van der Waals surface area contributed by atoms with Gasteiger partial charge in [0.1, 0.15) is 11.5 Å². The Labute approximate surface area is 149 Å². The number of benzene rings is 1. The van der Waals surface area contributed by atoms with E-state index in [9.17, 15) is 4.79 Å². The number of ether oxygens (including phenoxy) is 5. The van der Waals surface area contributed by atoms with Gasteiger partial charge in [0.2, 0.25) is 0 Å². The summed E-state index contributed by atoms with van der Waals surface area (Å²) in [5, 5.41) is 0. The first-order chi connectivity index (χ1) is 11.9. The fourth-order valence-corrected chi connectivity index (χ4v) is 3.68. The Morgan fingerprint density at radius 2 is 1.80 bits per heavy atom. The Hall–Kier alpha value is -1.79. The number of hydrogen-bond donors (Lipinski definition) is 0. The van der Waals surface area contributed by atoms with E-state index in [1.165, 1.54) is 7.11 Å². The van der Waals surface area contributed by atoms with Gasteiger partial charge in [0.25, 0.3) is 0 Å². The van der Waals surface area contributed by atoms with Crippen LogP contribution in [0.3, 0.4) is 0 Å².